The second kappa shape index (κ2) is 9.49. The smallest absolute Gasteiger partial charge is 0.179 e. The molecule has 30 heavy (non-hydrogen) atoms. The van der Waals surface area contributed by atoms with E-state index in [1.165, 1.54) is 11.1 Å². The summed E-state index contributed by atoms with van der Waals surface area (Å²) in [5.41, 5.74) is 4.59. The highest BCUT2D eigenvalue weighted by Crippen LogP contribution is 2.41. The number of hydrogen-bond donors (Lipinski definition) is 0. The van der Waals surface area contributed by atoms with E-state index in [1.807, 2.05) is 13.0 Å². The summed E-state index contributed by atoms with van der Waals surface area (Å²) in [6.45, 7) is 10.7. The lowest BCUT2D eigenvalue weighted by atomic mass is 10.0. The predicted octanol–water partition coefficient (Wildman–Crippen LogP) is 7.90. The van der Waals surface area contributed by atoms with Crippen LogP contribution in [0.4, 0.5) is 0 Å². The third-order valence-corrected chi connectivity index (χ3v) is 8.68. The van der Waals surface area contributed by atoms with Gasteiger partial charge >= 0.3 is 0 Å². The maximum Gasteiger partial charge on any atom is 0.179 e. The molecular weight excluding hydrogens is 408 g/mol. The molecule has 3 aromatic rings. The molecule has 0 fully saturated rings. The Balaban J connectivity index is 2.09. The Morgan fingerprint density at radius 3 is 1.77 bits per heavy atom. The predicted molar refractivity (Wildman–Crippen MR) is 130 cm³/mol. The first-order chi connectivity index (χ1) is 14.2. The molecule has 0 bridgehead atoms. The van der Waals surface area contributed by atoms with E-state index in [0.29, 0.717) is 23.2 Å². The molecule has 160 valence electrons. The number of hydrogen-bond acceptors (Lipinski definition) is 3. The monoisotopic (exact) mass is 440 g/mol. The summed E-state index contributed by atoms with van der Waals surface area (Å²) in [5.74, 6) is 1.12. The normalized spacial score (nSPS) is 12.1. The Morgan fingerprint density at radius 2 is 1.30 bits per heavy atom. The van der Waals surface area contributed by atoms with Crippen molar-refractivity contribution in [2.75, 3.05) is 5.75 Å². The van der Waals surface area contributed by atoms with Crippen molar-refractivity contribution in [2.45, 2.75) is 64.2 Å². The molecule has 1 aromatic heterocycles. The van der Waals surface area contributed by atoms with Crippen molar-refractivity contribution in [2.24, 2.45) is 0 Å². The van der Waals surface area contributed by atoms with Crippen LogP contribution in [0.5, 0.6) is 0 Å². The molecule has 0 aliphatic carbocycles. The van der Waals surface area contributed by atoms with Gasteiger partial charge in [-0.1, -0.05) is 89.6 Å². The van der Waals surface area contributed by atoms with Crippen molar-refractivity contribution in [1.29, 1.82) is 0 Å². The van der Waals surface area contributed by atoms with Crippen LogP contribution in [0.1, 0.15) is 70.4 Å². The van der Waals surface area contributed by atoms with Gasteiger partial charge in [0.25, 0.3) is 0 Å². The third kappa shape index (κ3) is 5.04. The molecule has 2 nitrogen and oxygen atoms in total. The standard InChI is InChI=1S/C26H32O2S2/c1-6-7-16-30(27,28)25-17-24(22-12-8-20(9-13-22)18(2)3)29-26(25)23-14-10-21(11-15-23)19(4)5/h8-15,17-19H,6-7,16H2,1-5H3. The van der Waals surface area contributed by atoms with Crippen LogP contribution in [0.2, 0.25) is 0 Å². The molecule has 0 radical (unpaired) electrons. The van der Waals surface area contributed by atoms with Gasteiger partial charge in [0.1, 0.15) is 0 Å². The largest absolute Gasteiger partial charge is 0.224 e. The molecule has 0 saturated carbocycles. The molecular formula is C26H32O2S2. The summed E-state index contributed by atoms with van der Waals surface area (Å²) in [7, 11) is -3.33. The summed E-state index contributed by atoms with van der Waals surface area (Å²) in [5, 5.41) is 0. The molecule has 0 N–H and O–H groups in total. The van der Waals surface area contributed by atoms with Crippen molar-refractivity contribution in [1.82, 2.24) is 0 Å². The molecule has 0 amide bonds. The van der Waals surface area contributed by atoms with Gasteiger partial charge in [0, 0.05) is 4.88 Å². The van der Waals surface area contributed by atoms with Crippen LogP contribution in [0, 0.1) is 0 Å². The van der Waals surface area contributed by atoms with Crippen molar-refractivity contribution in [3.8, 4) is 20.9 Å². The van der Waals surface area contributed by atoms with E-state index in [4.69, 9.17) is 0 Å². The number of benzene rings is 2. The van der Waals surface area contributed by atoms with Crippen LogP contribution in [-0.2, 0) is 9.84 Å². The molecule has 0 unspecified atom stereocenters. The zero-order valence-corrected chi connectivity index (χ0v) is 20.2. The lowest BCUT2D eigenvalue weighted by Crippen LogP contribution is -2.06. The summed E-state index contributed by atoms with van der Waals surface area (Å²) in [6.07, 6.45) is 1.55. The van der Waals surface area contributed by atoms with Gasteiger partial charge in [0.15, 0.2) is 9.84 Å². The van der Waals surface area contributed by atoms with Crippen LogP contribution in [-0.4, -0.2) is 14.2 Å². The SMILES string of the molecule is CCCCS(=O)(=O)c1cc(-c2ccc(C(C)C)cc2)sc1-c1ccc(C(C)C)cc1. The highest BCUT2D eigenvalue weighted by atomic mass is 32.2. The van der Waals surface area contributed by atoms with Crippen LogP contribution in [0.3, 0.4) is 0 Å². The summed E-state index contributed by atoms with van der Waals surface area (Å²) >= 11 is 1.58. The summed E-state index contributed by atoms with van der Waals surface area (Å²) in [4.78, 5) is 2.33. The minimum Gasteiger partial charge on any atom is -0.224 e. The van der Waals surface area contributed by atoms with Gasteiger partial charge in [-0.2, -0.15) is 0 Å². The average Bonchev–Trinajstić information content (AvgIpc) is 3.19. The van der Waals surface area contributed by atoms with Gasteiger partial charge in [-0.25, -0.2) is 8.42 Å². The Bertz CT molecular complexity index is 1070. The van der Waals surface area contributed by atoms with Crippen LogP contribution in [0.25, 0.3) is 20.9 Å². The van der Waals surface area contributed by atoms with Crippen molar-refractivity contribution >= 4 is 21.2 Å². The van der Waals surface area contributed by atoms with Crippen molar-refractivity contribution < 1.29 is 8.42 Å². The molecule has 3 rings (SSSR count). The van der Waals surface area contributed by atoms with Gasteiger partial charge in [-0.05, 0) is 46.6 Å². The molecule has 4 heteroatoms. The van der Waals surface area contributed by atoms with Crippen LogP contribution >= 0.6 is 11.3 Å². The van der Waals surface area contributed by atoms with E-state index in [9.17, 15) is 8.42 Å². The first kappa shape index (κ1) is 22.8. The van der Waals surface area contributed by atoms with E-state index >= 15 is 0 Å². The third-order valence-electron chi connectivity index (χ3n) is 5.50. The molecule has 0 spiro atoms. The molecule has 0 saturated heterocycles. The number of thiophene rings is 1. The second-order valence-electron chi connectivity index (χ2n) is 8.53. The summed E-state index contributed by atoms with van der Waals surface area (Å²) in [6, 6.07) is 18.7. The van der Waals surface area contributed by atoms with E-state index in [0.717, 1.165) is 27.3 Å². The Hall–Kier alpha value is -1.91. The molecule has 0 aliphatic heterocycles. The number of rotatable bonds is 8. The molecule has 2 aromatic carbocycles. The second-order valence-corrected chi connectivity index (χ2v) is 11.7. The summed E-state index contributed by atoms with van der Waals surface area (Å²) < 4.78 is 26.3. The quantitative estimate of drug-likeness (QED) is 0.357. The fourth-order valence-corrected chi connectivity index (χ4v) is 6.68. The zero-order valence-electron chi connectivity index (χ0n) is 18.6. The minimum absolute atomic E-state index is 0.197. The van der Waals surface area contributed by atoms with Crippen molar-refractivity contribution in [3.05, 3.63) is 65.7 Å². The highest BCUT2D eigenvalue weighted by Gasteiger charge is 2.23. The Kier molecular flexibility index (Phi) is 7.20. The van der Waals surface area contributed by atoms with E-state index in [-0.39, 0.29) is 5.75 Å². The minimum atomic E-state index is -3.33. The van der Waals surface area contributed by atoms with Gasteiger partial charge < -0.3 is 0 Å². The fraction of sp³-hybridized carbons (Fsp3) is 0.385. The van der Waals surface area contributed by atoms with Gasteiger partial charge in [-0.15, -0.1) is 11.3 Å². The Labute approximate surface area is 185 Å². The maximum atomic E-state index is 13.2. The fourth-order valence-electron chi connectivity index (χ4n) is 3.44. The van der Waals surface area contributed by atoms with E-state index in [1.54, 1.807) is 11.3 Å². The van der Waals surface area contributed by atoms with Gasteiger partial charge in [0.05, 0.1) is 15.5 Å². The zero-order chi connectivity index (χ0) is 21.9. The first-order valence-electron chi connectivity index (χ1n) is 10.8. The average molecular weight is 441 g/mol. The molecule has 1 heterocycles. The molecule has 0 aliphatic rings. The lowest BCUT2D eigenvalue weighted by molar-refractivity contribution is 0.593. The van der Waals surface area contributed by atoms with Gasteiger partial charge in [0.2, 0.25) is 0 Å². The topological polar surface area (TPSA) is 34.1 Å². The first-order valence-corrected chi connectivity index (χ1v) is 13.3. The number of unbranched alkanes of at least 4 members (excludes halogenated alkanes) is 1. The number of sulfone groups is 1. The van der Waals surface area contributed by atoms with Crippen LogP contribution < -0.4 is 0 Å². The molecule has 0 atom stereocenters. The van der Waals surface area contributed by atoms with Crippen molar-refractivity contribution in [3.63, 3.8) is 0 Å². The van der Waals surface area contributed by atoms with Crippen LogP contribution in [0.15, 0.2) is 59.5 Å². The van der Waals surface area contributed by atoms with E-state index < -0.39 is 9.84 Å². The maximum absolute atomic E-state index is 13.2. The van der Waals surface area contributed by atoms with E-state index in [2.05, 4.69) is 76.2 Å². The highest BCUT2D eigenvalue weighted by molar-refractivity contribution is 7.91. The lowest BCUT2D eigenvalue weighted by Gasteiger charge is -2.08. The van der Waals surface area contributed by atoms with Gasteiger partial charge in [-0.3, -0.25) is 0 Å². The Morgan fingerprint density at radius 1 is 0.800 bits per heavy atom.